The molecule has 5 nitrogen and oxygen atoms in total. The summed E-state index contributed by atoms with van der Waals surface area (Å²) >= 11 is 0. The van der Waals surface area contributed by atoms with Gasteiger partial charge in [-0.2, -0.15) is 0 Å². The van der Waals surface area contributed by atoms with Crippen LogP contribution in [-0.4, -0.2) is 29.6 Å². The number of carbonyl (C=O) groups excluding carboxylic acids is 1. The van der Waals surface area contributed by atoms with Gasteiger partial charge in [-0.15, -0.1) is 0 Å². The number of aliphatic carboxylic acids is 1. The Morgan fingerprint density at radius 3 is 2.62 bits per heavy atom. The van der Waals surface area contributed by atoms with E-state index < -0.39 is 23.7 Å². The molecule has 4 N–H and O–H groups in total. The number of nitrogens with two attached hydrogens (primary N) is 1. The number of carboxylic acid groups (broad SMARTS) is 1. The molecule has 0 heterocycles. The van der Waals surface area contributed by atoms with Gasteiger partial charge in [-0.05, 0) is 41.3 Å². The van der Waals surface area contributed by atoms with Crippen molar-refractivity contribution in [2.45, 2.75) is 19.4 Å². The van der Waals surface area contributed by atoms with E-state index in [1.54, 1.807) is 6.07 Å². The molecule has 0 aromatic heterocycles. The normalized spacial score (nSPS) is 11.8. The molecule has 1 atom stereocenters. The SMILES string of the molecule is CCc1ccccc1-c1cc(F)cc(C(=O)NC[C@@H](N)C(=O)O)c1. The topological polar surface area (TPSA) is 92.4 Å². The second-order valence-electron chi connectivity index (χ2n) is 5.39. The molecule has 0 aliphatic carbocycles. The number of rotatable bonds is 6. The van der Waals surface area contributed by atoms with Crippen LogP contribution in [0.5, 0.6) is 0 Å². The fourth-order valence-electron chi connectivity index (χ4n) is 2.38. The first kappa shape index (κ1) is 17.6. The molecule has 0 saturated carbocycles. The number of aryl methyl sites for hydroxylation is 1. The highest BCUT2D eigenvalue weighted by molar-refractivity contribution is 5.96. The number of benzene rings is 2. The lowest BCUT2D eigenvalue weighted by Gasteiger charge is -2.12. The Balaban J connectivity index is 2.28. The third-order valence-electron chi connectivity index (χ3n) is 3.67. The van der Waals surface area contributed by atoms with E-state index in [1.807, 2.05) is 31.2 Å². The van der Waals surface area contributed by atoms with Gasteiger partial charge in [-0.25, -0.2) is 4.39 Å². The van der Waals surface area contributed by atoms with Gasteiger partial charge >= 0.3 is 5.97 Å². The Morgan fingerprint density at radius 1 is 1.25 bits per heavy atom. The number of nitrogens with one attached hydrogen (secondary N) is 1. The fourth-order valence-corrected chi connectivity index (χ4v) is 2.38. The number of amides is 1. The summed E-state index contributed by atoms with van der Waals surface area (Å²) in [5, 5.41) is 11.1. The summed E-state index contributed by atoms with van der Waals surface area (Å²) in [6, 6.07) is 10.4. The average molecular weight is 330 g/mol. The van der Waals surface area contributed by atoms with Crippen LogP contribution in [-0.2, 0) is 11.2 Å². The van der Waals surface area contributed by atoms with Crippen molar-refractivity contribution in [2.24, 2.45) is 5.73 Å². The summed E-state index contributed by atoms with van der Waals surface area (Å²) in [6.45, 7) is 1.77. The van der Waals surface area contributed by atoms with Crippen LogP contribution in [0.1, 0.15) is 22.8 Å². The third kappa shape index (κ3) is 4.17. The quantitative estimate of drug-likeness (QED) is 0.757. The van der Waals surface area contributed by atoms with Crippen LogP contribution in [0, 0.1) is 5.82 Å². The number of carbonyl (C=O) groups is 2. The second-order valence-corrected chi connectivity index (χ2v) is 5.39. The standard InChI is InChI=1S/C18H19FN2O3/c1-2-11-5-3-4-6-15(11)12-7-13(9-14(19)8-12)17(22)21-10-16(20)18(23)24/h3-9,16H,2,10,20H2,1H3,(H,21,22)(H,23,24)/t16-/m1/s1. The maximum Gasteiger partial charge on any atom is 0.322 e. The van der Waals surface area contributed by atoms with Gasteiger partial charge in [0.1, 0.15) is 11.9 Å². The molecular formula is C18H19FN2O3. The summed E-state index contributed by atoms with van der Waals surface area (Å²) in [5.74, 6) is -2.32. The van der Waals surface area contributed by atoms with Gasteiger partial charge in [-0.1, -0.05) is 31.2 Å². The number of halogens is 1. The molecule has 0 bridgehead atoms. The van der Waals surface area contributed by atoms with Crippen LogP contribution in [0.25, 0.3) is 11.1 Å². The monoisotopic (exact) mass is 330 g/mol. The van der Waals surface area contributed by atoms with Crippen molar-refractivity contribution in [3.63, 3.8) is 0 Å². The van der Waals surface area contributed by atoms with Crippen LogP contribution in [0.15, 0.2) is 42.5 Å². The molecule has 24 heavy (non-hydrogen) atoms. The van der Waals surface area contributed by atoms with Crippen molar-refractivity contribution >= 4 is 11.9 Å². The van der Waals surface area contributed by atoms with Crippen LogP contribution in [0.4, 0.5) is 4.39 Å². The fraction of sp³-hybridized carbons (Fsp3) is 0.222. The predicted molar refractivity (Wildman–Crippen MR) is 89.2 cm³/mol. The molecule has 0 saturated heterocycles. The Bertz CT molecular complexity index is 762. The van der Waals surface area contributed by atoms with Crippen LogP contribution < -0.4 is 11.1 Å². The maximum absolute atomic E-state index is 13.9. The van der Waals surface area contributed by atoms with E-state index in [4.69, 9.17) is 10.8 Å². The van der Waals surface area contributed by atoms with E-state index >= 15 is 0 Å². The molecule has 0 spiro atoms. The summed E-state index contributed by atoms with van der Waals surface area (Å²) in [7, 11) is 0. The first-order valence-corrected chi connectivity index (χ1v) is 7.57. The molecule has 0 aliphatic rings. The molecule has 126 valence electrons. The van der Waals surface area contributed by atoms with Gasteiger partial charge in [0.25, 0.3) is 5.91 Å². The Morgan fingerprint density at radius 2 is 1.96 bits per heavy atom. The molecule has 0 aliphatic heterocycles. The highest BCUT2D eigenvalue weighted by Crippen LogP contribution is 2.26. The summed E-state index contributed by atoms with van der Waals surface area (Å²) < 4.78 is 13.9. The lowest BCUT2D eigenvalue weighted by atomic mass is 9.96. The van der Waals surface area contributed by atoms with Gasteiger partial charge in [0.05, 0.1) is 0 Å². The minimum Gasteiger partial charge on any atom is -0.480 e. The molecular weight excluding hydrogens is 311 g/mol. The summed E-state index contributed by atoms with van der Waals surface area (Å²) in [6.07, 6.45) is 0.779. The zero-order chi connectivity index (χ0) is 17.7. The van der Waals surface area contributed by atoms with Crippen LogP contribution >= 0.6 is 0 Å². The Labute approximate surface area is 139 Å². The molecule has 0 radical (unpaired) electrons. The minimum absolute atomic E-state index is 0.119. The lowest BCUT2D eigenvalue weighted by molar-refractivity contribution is -0.138. The van der Waals surface area contributed by atoms with Crippen LogP contribution in [0.2, 0.25) is 0 Å². The predicted octanol–water partition coefficient (Wildman–Crippen LogP) is 2.20. The van der Waals surface area contributed by atoms with Gasteiger partial charge < -0.3 is 16.2 Å². The van der Waals surface area contributed by atoms with E-state index in [0.29, 0.717) is 5.56 Å². The van der Waals surface area contributed by atoms with Crippen molar-refractivity contribution in [3.05, 3.63) is 59.4 Å². The van der Waals surface area contributed by atoms with Gasteiger partial charge in [0.15, 0.2) is 0 Å². The van der Waals surface area contributed by atoms with Crippen molar-refractivity contribution in [3.8, 4) is 11.1 Å². The van der Waals surface area contributed by atoms with E-state index in [0.717, 1.165) is 23.6 Å². The molecule has 0 unspecified atom stereocenters. The highest BCUT2D eigenvalue weighted by atomic mass is 19.1. The molecule has 2 rings (SSSR count). The lowest BCUT2D eigenvalue weighted by Crippen LogP contribution is -2.42. The first-order valence-electron chi connectivity index (χ1n) is 7.57. The van der Waals surface area contributed by atoms with Gasteiger partial charge in [0.2, 0.25) is 0 Å². The Hall–Kier alpha value is -2.73. The van der Waals surface area contributed by atoms with E-state index in [1.165, 1.54) is 6.07 Å². The number of carboxylic acids is 1. The van der Waals surface area contributed by atoms with Crippen molar-refractivity contribution in [1.29, 1.82) is 0 Å². The van der Waals surface area contributed by atoms with E-state index in [-0.39, 0.29) is 12.1 Å². The molecule has 2 aromatic rings. The van der Waals surface area contributed by atoms with Crippen molar-refractivity contribution < 1.29 is 19.1 Å². The maximum atomic E-state index is 13.9. The van der Waals surface area contributed by atoms with Crippen LogP contribution in [0.3, 0.4) is 0 Å². The Kier molecular flexibility index (Phi) is 5.65. The summed E-state index contributed by atoms with van der Waals surface area (Å²) in [4.78, 5) is 22.8. The second kappa shape index (κ2) is 7.70. The minimum atomic E-state index is -1.22. The van der Waals surface area contributed by atoms with E-state index in [2.05, 4.69) is 5.32 Å². The largest absolute Gasteiger partial charge is 0.480 e. The zero-order valence-corrected chi connectivity index (χ0v) is 13.3. The summed E-state index contributed by atoms with van der Waals surface area (Å²) in [5.41, 5.74) is 7.96. The third-order valence-corrected chi connectivity index (χ3v) is 3.67. The molecule has 1 amide bonds. The molecule has 0 fully saturated rings. The number of hydrogen-bond donors (Lipinski definition) is 3. The van der Waals surface area contributed by atoms with Crippen molar-refractivity contribution in [1.82, 2.24) is 5.32 Å². The molecule has 6 heteroatoms. The first-order chi connectivity index (χ1) is 11.4. The average Bonchev–Trinajstić information content (AvgIpc) is 2.58. The zero-order valence-electron chi connectivity index (χ0n) is 13.3. The smallest absolute Gasteiger partial charge is 0.322 e. The number of hydrogen-bond acceptors (Lipinski definition) is 3. The highest BCUT2D eigenvalue weighted by Gasteiger charge is 2.15. The van der Waals surface area contributed by atoms with E-state index in [9.17, 15) is 14.0 Å². The van der Waals surface area contributed by atoms with Gasteiger partial charge in [-0.3, -0.25) is 9.59 Å². The molecule has 2 aromatic carbocycles. The van der Waals surface area contributed by atoms with Gasteiger partial charge in [0, 0.05) is 12.1 Å². The van der Waals surface area contributed by atoms with Crippen molar-refractivity contribution in [2.75, 3.05) is 6.54 Å².